The van der Waals surface area contributed by atoms with E-state index in [2.05, 4.69) is 15.4 Å². The number of hydrogen-bond donors (Lipinski definition) is 2. The number of carbonyl (C=O) groups excluding carboxylic acids is 1. The van der Waals surface area contributed by atoms with Crippen molar-refractivity contribution in [3.8, 4) is 5.69 Å². The van der Waals surface area contributed by atoms with Gasteiger partial charge >= 0.3 is 6.03 Å². The molecular formula is C16H23N5O2. The van der Waals surface area contributed by atoms with Gasteiger partial charge in [-0.2, -0.15) is 5.10 Å². The molecule has 23 heavy (non-hydrogen) atoms. The van der Waals surface area contributed by atoms with Gasteiger partial charge < -0.3 is 15.3 Å². The monoisotopic (exact) mass is 317 g/mol. The van der Waals surface area contributed by atoms with Crippen LogP contribution in [0, 0.1) is 0 Å². The number of hydrogen-bond acceptors (Lipinski definition) is 4. The minimum atomic E-state index is -0.910. The summed E-state index contributed by atoms with van der Waals surface area (Å²) in [4.78, 5) is 17.7. The number of benzene rings is 1. The van der Waals surface area contributed by atoms with Gasteiger partial charge in [-0.3, -0.25) is 0 Å². The van der Waals surface area contributed by atoms with Gasteiger partial charge in [0.05, 0.1) is 17.8 Å². The number of amides is 2. The van der Waals surface area contributed by atoms with E-state index >= 15 is 0 Å². The van der Waals surface area contributed by atoms with Crippen molar-refractivity contribution in [1.82, 2.24) is 25.0 Å². The van der Waals surface area contributed by atoms with E-state index in [4.69, 9.17) is 0 Å². The lowest BCUT2D eigenvalue weighted by molar-refractivity contribution is 0.0480. The standard InChI is InChI=1S/C16H23N5O2/c1-4-20(10-16(2,3)23)15(22)18-9-13-5-7-14(8-6-13)21-12-17-11-19-21/h5-8,11-12,23H,4,9-10H2,1-3H3,(H,18,22). The highest BCUT2D eigenvalue weighted by molar-refractivity contribution is 5.74. The van der Waals surface area contributed by atoms with E-state index in [9.17, 15) is 9.90 Å². The lowest BCUT2D eigenvalue weighted by Gasteiger charge is -2.28. The molecule has 0 saturated carbocycles. The van der Waals surface area contributed by atoms with Crippen LogP contribution in [0.1, 0.15) is 26.3 Å². The minimum Gasteiger partial charge on any atom is -0.389 e. The summed E-state index contributed by atoms with van der Waals surface area (Å²) in [6.07, 6.45) is 3.11. The van der Waals surface area contributed by atoms with Crippen molar-refractivity contribution in [1.29, 1.82) is 0 Å². The van der Waals surface area contributed by atoms with Crippen LogP contribution in [0.25, 0.3) is 5.69 Å². The van der Waals surface area contributed by atoms with Crippen LogP contribution in [-0.4, -0.2) is 49.5 Å². The van der Waals surface area contributed by atoms with Gasteiger partial charge in [-0.05, 0) is 38.5 Å². The lowest BCUT2D eigenvalue weighted by Crippen LogP contribution is -2.46. The Hall–Kier alpha value is -2.41. The molecule has 0 bridgehead atoms. The second-order valence-corrected chi connectivity index (χ2v) is 5.99. The maximum Gasteiger partial charge on any atom is 0.317 e. The number of likely N-dealkylation sites (N-methyl/N-ethyl adjacent to an activating group) is 1. The Bertz CT molecular complexity index is 617. The second kappa shape index (κ2) is 7.23. The summed E-state index contributed by atoms with van der Waals surface area (Å²) in [5, 5.41) is 16.8. The largest absolute Gasteiger partial charge is 0.389 e. The van der Waals surface area contributed by atoms with Crippen LogP contribution in [0.5, 0.6) is 0 Å². The highest BCUT2D eigenvalue weighted by Crippen LogP contribution is 2.09. The van der Waals surface area contributed by atoms with Gasteiger partial charge in [-0.1, -0.05) is 12.1 Å². The van der Waals surface area contributed by atoms with Gasteiger partial charge in [-0.25, -0.2) is 14.5 Å². The molecule has 0 unspecified atom stereocenters. The zero-order valence-corrected chi connectivity index (χ0v) is 13.7. The summed E-state index contributed by atoms with van der Waals surface area (Å²) in [6, 6.07) is 7.53. The third kappa shape index (κ3) is 5.07. The number of carbonyl (C=O) groups is 1. The Balaban J connectivity index is 1.91. The molecule has 124 valence electrons. The normalized spacial score (nSPS) is 11.3. The number of aromatic nitrogens is 3. The van der Waals surface area contributed by atoms with Crippen molar-refractivity contribution in [3.05, 3.63) is 42.5 Å². The van der Waals surface area contributed by atoms with E-state index in [0.29, 0.717) is 19.6 Å². The first-order chi connectivity index (χ1) is 10.9. The quantitative estimate of drug-likeness (QED) is 0.847. The van der Waals surface area contributed by atoms with E-state index in [1.54, 1.807) is 29.8 Å². The molecule has 0 fully saturated rings. The number of urea groups is 1. The van der Waals surface area contributed by atoms with Crippen LogP contribution in [0.4, 0.5) is 4.79 Å². The Morgan fingerprint density at radius 3 is 2.57 bits per heavy atom. The zero-order valence-electron chi connectivity index (χ0n) is 13.7. The summed E-state index contributed by atoms with van der Waals surface area (Å²) in [6.45, 7) is 6.52. The van der Waals surface area contributed by atoms with Gasteiger partial charge in [0.2, 0.25) is 0 Å². The molecular weight excluding hydrogens is 294 g/mol. The summed E-state index contributed by atoms with van der Waals surface area (Å²) in [7, 11) is 0. The number of aliphatic hydroxyl groups is 1. The van der Waals surface area contributed by atoms with Gasteiger partial charge in [0.15, 0.2) is 0 Å². The fraction of sp³-hybridized carbons (Fsp3) is 0.438. The SMILES string of the molecule is CCN(CC(C)(C)O)C(=O)NCc1ccc(-n2cncn2)cc1. The molecule has 2 aromatic rings. The third-order valence-electron chi connectivity index (χ3n) is 3.31. The van der Waals surface area contributed by atoms with Crippen molar-refractivity contribution in [2.75, 3.05) is 13.1 Å². The first-order valence-corrected chi connectivity index (χ1v) is 7.58. The van der Waals surface area contributed by atoms with Crippen LogP contribution in [0.3, 0.4) is 0 Å². The van der Waals surface area contributed by atoms with E-state index in [-0.39, 0.29) is 6.03 Å². The summed E-state index contributed by atoms with van der Waals surface area (Å²) >= 11 is 0. The first-order valence-electron chi connectivity index (χ1n) is 7.58. The van der Waals surface area contributed by atoms with E-state index in [1.165, 1.54) is 6.33 Å². The van der Waals surface area contributed by atoms with E-state index in [0.717, 1.165) is 11.3 Å². The fourth-order valence-corrected chi connectivity index (χ4v) is 2.19. The lowest BCUT2D eigenvalue weighted by atomic mass is 10.1. The van der Waals surface area contributed by atoms with E-state index < -0.39 is 5.60 Å². The van der Waals surface area contributed by atoms with Crippen molar-refractivity contribution in [3.63, 3.8) is 0 Å². The Morgan fingerprint density at radius 1 is 1.35 bits per heavy atom. The smallest absolute Gasteiger partial charge is 0.317 e. The van der Waals surface area contributed by atoms with Crippen molar-refractivity contribution < 1.29 is 9.90 Å². The Labute approximate surface area is 136 Å². The van der Waals surface area contributed by atoms with Gasteiger partial charge in [0.1, 0.15) is 12.7 Å². The van der Waals surface area contributed by atoms with Crippen LogP contribution < -0.4 is 5.32 Å². The van der Waals surface area contributed by atoms with Crippen LogP contribution in [0.2, 0.25) is 0 Å². The molecule has 1 aromatic heterocycles. The van der Waals surface area contributed by atoms with Gasteiger partial charge in [0, 0.05) is 13.1 Å². The summed E-state index contributed by atoms with van der Waals surface area (Å²) < 4.78 is 1.67. The highest BCUT2D eigenvalue weighted by atomic mass is 16.3. The van der Waals surface area contributed by atoms with Crippen LogP contribution in [-0.2, 0) is 6.54 Å². The Kier molecular flexibility index (Phi) is 5.33. The molecule has 7 heteroatoms. The molecule has 1 heterocycles. The summed E-state index contributed by atoms with van der Waals surface area (Å²) in [5.41, 5.74) is 0.989. The molecule has 0 aliphatic heterocycles. The predicted molar refractivity (Wildman–Crippen MR) is 87.1 cm³/mol. The fourth-order valence-electron chi connectivity index (χ4n) is 2.19. The van der Waals surface area contributed by atoms with Crippen molar-refractivity contribution in [2.45, 2.75) is 32.9 Å². The summed E-state index contributed by atoms with van der Waals surface area (Å²) in [5.74, 6) is 0. The maximum absolute atomic E-state index is 12.2. The molecule has 2 amide bonds. The number of nitrogens with one attached hydrogen (secondary N) is 1. The molecule has 0 aliphatic carbocycles. The molecule has 0 saturated heterocycles. The molecule has 0 radical (unpaired) electrons. The number of nitrogens with zero attached hydrogens (tertiary/aromatic N) is 4. The third-order valence-corrected chi connectivity index (χ3v) is 3.31. The molecule has 1 aromatic carbocycles. The molecule has 2 N–H and O–H groups in total. The average molecular weight is 317 g/mol. The molecule has 0 aliphatic rings. The molecule has 0 spiro atoms. The highest BCUT2D eigenvalue weighted by Gasteiger charge is 2.20. The molecule has 0 atom stereocenters. The zero-order chi connectivity index (χ0) is 16.9. The van der Waals surface area contributed by atoms with Crippen molar-refractivity contribution in [2.24, 2.45) is 0 Å². The van der Waals surface area contributed by atoms with Crippen LogP contribution >= 0.6 is 0 Å². The van der Waals surface area contributed by atoms with Gasteiger partial charge in [0.25, 0.3) is 0 Å². The molecule has 2 rings (SSSR count). The number of rotatable bonds is 6. The van der Waals surface area contributed by atoms with Crippen molar-refractivity contribution >= 4 is 6.03 Å². The Morgan fingerprint density at radius 2 is 2.04 bits per heavy atom. The average Bonchev–Trinajstić information content (AvgIpc) is 3.04. The minimum absolute atomic E-state index is 0.185. The predicted octanol–water partition coefficient (Wildman–Crippen LogP) is 1.57. The molecule has 7 nitrogen and oxygen atoms in total. The second-order valence-electron chi connectivity index (χ2n) is 5.99. The van der Waals surface area contributed by atoms with E-state index in [1.807, 2.05) is 31.2 Å². The van der Waals surface area contributed by atoms with Gasteiger partial charge in [-0.15, -0.1) is 0 Å². The first kappa shape index (κ1) is 17.0. The van der Waals surface area contributed by atoms with Crippen LogP contribution in [0.15, 0.2) is 36.9 Å². The topological polar surface area (TPSA) is 83.3 Å². The maximum atomic E-state index is 12.2.